The van der Waals surface area contributed by atoms with Gasteiger partial charge in [0.25, 0.3) is 5.91 Å². The summed E-state index contributed by atoms with van der Waals surface area (Å²) in [5.74, 6) is -0.705. The van der Waals surface area contributed by atoms with Gasteiger partial charge < -0.3 is 24.8 Å². The Kier molecular flexibility index (Phi) is 7.25. The van der Waals surface area contributed by atoms with Crippen LogP contribution in [0.25, 0.3) is 0 Å². The zero-order chi connectivity index (χ0) is 22.4. The number of hydrogen-bond acceptors (Lipinski definition) is 5. The van der Waals surface area contributed by atoms with Crippen molar-refractivity contribution in [1.82, 2.24) is 10.2 Å². The Morgan fingerprint density at radius 1 is 1.06 bits per heavy atom. The van der Waals surface area contributed by atoms with Crippen LogP contribution >= 0.6 is 0 Å². The summed E-state index contributed by atoms with van der Waals surface area (Å²) in [5, 5.41) is 12.0. The molecule has 1 heterocycles. The standard InChI is InChI=1S/C23H26N2O6/c1-15(2)30-19-12-20(23(28)29)25(14-19)21(26)13-24-22(27)16-8-10-18(11-9-16)31-17-6-4-3-5-7-17/h3-11,15,19-20H,12-14H2,1-2H3,(H,24,27)(H,28,29). The first-order valence-corrected chi connectivity index (χ1v) is 10.1. The smallest absolute Gasteiger partial charge is 0.326 e. The lowest BCUT2D eigenvalue weighted by Gasteiger charge is -2.21. The van der Waals surface area contributed by atoms with E-state index in [1.807, 2.05) is 44.2 Å². The molecule has 1 aliphatic rings. The molecule has 2 amide bonds. The van der Waals surface area contributed by atoms with E-state index >= 15 is 0 Å². The predicted octanol–water partition coefficient (Wildman–Crippen LogP) is 2.69. The zero-order valence-corrected chi connectivity index (χ0v) is 17.5. The Bertz CT molecular complexity index is 913. The fourth-order valence-corrected chi connectivity index (χ4v) is 3.45. The van der Waals surface area contributed by atoms with Crippen LogP contribution in [0.5, 0.6) is 11.5 Å². The summed E-state index contributed by atoms with van der Waals surface area (Å²) in [6.45, 7) is 3.61. The van der Waals surface area contributed by atoms with E-state index in [1.54, 1.807) is 24.3 Å². The molecule has 0 aromatic heterocycles. The molecule has 1 fully saturated rings. The summed E-state index contributed by atoms with van der Waals surface area (Å²) >= 11 is 0. The normalized spacial score (nSPS) is 18.1. The Labute approximate surface area is 180 Å². The molecule has 0 radical (unpaired) electrons. The average Bonchev–Trinajstić information content (AvgIpc) is 3.16. The fourth-order valence-electron chi connectivity index (χ4n) is 3.45. The van der Waals surface area contributed by atoms with Crippen molar-refractivity contribution in [3.05, 3.63) is 60.2 Å². The maximum absolute atomic E-state index is 12.6. The lowest BCUT2D eigenvalue weighted by molar-refractivity contribution is -0.147. The number of hydrogen-bond donors (Lipinski definition) is 2. The summed E-state index contributed by atoms with van der Waals surface area (Å²) in [6.07, 6.45) is -0.170. The molecule has 8 heteroatoms. The molecule has 8 nitrogen and oxygen atoms in total. The van der Waals surface area contributed by atoms with Gasteiger partial charge in [-0.3, -0.25) is 9.59 Å². The van der Waals surface area contributed by atoms with Crippen LogP contribution in [-0.4, -0.2) is 59.1 Å². The number of carboxylic acid groups (broad SMARTS) is 1. The largest absolute Gasteiger partial charge is 0.480 e. The van der Waals surface area contributed by atoms with Crippen LogP contribution in [0.4, 0.5) is 0 Å². The number of rotatable bonds is 8. The predicted molar refractivity (Wildman–Crippen MR) is 113 cm³/mol. The maximum Gasteiger partial charge on any atom is 0.326 e. The molecule has 3 rings (SSSR count). The van der Waals surface area contributed by atoms with Crippen LogP contribution in [0.3, 0.4) is 0 Å². The zero-order valence-electron chi connectivity index (χ0n) is 17.5. The van der Waals surface area contributed by atoms with Gasteiger partial charge in [-0.05, 0) is 50.2 Å². The van der Waals surface area contributed by atoms with Crippen molar-refractivity contribution in [2.45, 2.75) is 38.5 Å². The first kappa shape index (κ1) is 22.3. The quantitative estimate of drug-likeness (QED) is 0.672. The number of nitrogens with one attached hydrogen (secondary N) is 1. The molecule has 2 atom stereocenters. The third-order valence-corrected chi connectivity index (χ3v) is 4.83. The van der Waals surface area contributed by atoms with Crippen molar-refractivity contribution in [3.8, 4) is 11.5 Å². The number of amides is 2. The van der Waals surface area contributed by atoms with Crippen molar-refractivity contribution < 1.29 is 29.0 Å². The molecule has 0 saturated carbocycles. The third-order valence-electron chi connectivity index (χ3n) is 4.83. The summed E-state index contributed by atoms with van der Waals surface area (Å²) in [6, 6.07) is 14.8. The molecule has 2 N–H and O–H groups in total. The van der Waals surface area contributed by atoms with Gasteiger partial charge in [-0.15, -0.1) is 0 Å². The summed E-state index contributed by atoms with van der Waals surface area (Å²) < 4.78 is 11.4. The van der Waals surface area contributed by atoms with Gasteiger partial charge in [0.15, 0.2) is 0 Å². The van der Waals surface area contributed by atoms with E-state index in [9.17, 15) is 19.5 Å². The number of aliphatic carboxylic acids is 1. The summed E-state index contributed by atoms with van der Waals surface area (Å²) in [7, 11) is 0. The first-order valence-electron chi connectivity index (χ1n) is 10.1. The topological polar surface area (TPSA) is 105 Å². The van der Waals surface area contributed by atoms with Gasteiger partial charge >= 0.3 is 5.97 Å². The van der Waals surface area contributed by atoms with E-state index in [0.717, 1.165) is 0 Å². The number of carbonyl (C=O) groups excluding carboxylic acids is 2. The van der Waals surface area contributed by atoms with Crippen LogP contribution in [0.2, 0.25) is 0 Å². The Morgan fingerprint density at radius 3 is 2.32 bits per heavy atom. The lowest BCUT2D eigenvalue weighted by Crippen LogP contribution is -2.45. The van der Waals surface area contributed by atoms with Crippen molar-refractivity contribution in [1.29, 1.82) is 0 Å². The van der Waals surface area contributed by atoms with Crippen molar-refractivity contribution in [2.24, 2.45) is 0 Å². The molecule has 1 saturated heterocycles. The minimum atomic E-state index is -1.08. The van der Waals surface area contributed by atoms with Crippen LogP contribution in [-0.2, 0) is 14.3 Å². The number of carboxylic acids is 1. The Balaban J connectivity index is 1.54. The molecule has 1 aliphatic heterocycles. The minimum absolute atomic E-state index is 0.0666. The van der Waals surface area contributed by atoms with Gasteiger partial charge in [0.2, 0.25) is 5.91 Å². The van der Waals surface area contributed by atoms with E-state index in [-0.39, 0.29) is 31.7 Å². The highest BCUT2D eigenvalue weighted by atomic mass is 16.5. The molecule has 2 aromatic rings. The maximum atomic E-state index is 12.6. The van der Waals surface area contributed by atoms with E-state index in [2.05, 4.69) is 5.32 Å². The van der Waals surface area contributed by atoms with E-state index in [1.165, 1.54) is 4.90 Å². The van der Waals surface area contributed by atoms with E-state index in [4.69, 9.17) is 9.47 Å². The van der Waals surface area contributed by atoms with Gasteiger partial charge in [-0.1, -0.05) is 18.2 Å². The Hall–Kier alpha value is -3.39. The molecule has 2 aromatic carbocycles. The molecule has 164 valence electrons. The highest BCUT2D eigenvalue weighted by molar-refractivity contribution is 5.97. The fraction of sp³-hybridized carbons (Fsp3) is 0.348. The van der Waals surface area contributed by atoms with Crippen LogP contribution in [0.1, 0.15) is 30.6 Å². The van der Waals surface area contributed by atoms with Gasteiger partial charge in [0, 0.05) is 18.5 Å². The van der Waals surface area contributed by atoms with E-state index < -0.39 is 23.8 Å². The number of carbonyl (C=O) groups is 3. The second-order valence-corrected chi connectivity index (χ2v) is 7.56. The van der Waals surface area contributed by atoms with Gasteiger partial charge in [0.05, 0.1) is 18.8 Å². The lowest BCUT2D eigenvalue weighted by atomic mass is 10.2. The second kappa shape index (κ2) is 10.1. The number of benzene rings is 2. The number of nitrogens with zero attached hydrogens (tertiary/aromatic N) is 1. The summed E-state index contributed by atoms with van der Waals surface area (Å²) in [5.41, 5.74) is 0.366. The van der Waals surface area contributed by atoms with Crippen molar-refractivity contribution in [3.63, 3.8) is 0 Å². The number of likely N-dealkylation sites (tertiary alicyclic amines) is 1. The molecule has 2 unspecified atom stereocenters. The molecule has 0 spiro atoms. The van der Waals surface area contributed by atoms with Crippen LogP contribution < -0.4 is 10.1 Å². The Morgan fingerprint density at radius 2 is 1.71 bits per heavy atom. The number of para-hydroxylation sites is 1. The van der Waals surface area contributed by atoms with Crippen LogP contribution in [0.15, 0.2) is 54.6 Å². The third kappa shape index (κ3) is 6.05. The molecule has 31 heavy (non-hydrogen) atoms. The molecule has 0 aliphatic carbocycles. The SMILES string of the molecule is CC(C)OC1CC(C(=O)O)N(C(=O)CNC(=O)c2ccc(Oc3ccccc3)cc2)C1. The molecule has 0 bridgehead atoms. The van der Waals surface area contributed by atoms with E-state index in [0.29, 0.717) is 17.1 Å². The van der Waals surface area contributed by atoms with Crippen molar-refractivity contribution >= 4 is 17.8 Å². The van der Waals surface area contributed by atoms with Crippen LogP contribution in [0, 0.1) is 0 Å². The summed E-state index contributed by atoms with van der Waals surface area (Å²) in [4.78, 5) is 37.7. The highest BCUT2D eigenvalue weighted by Gasteiger charge is 2.40. The van der Waals surface area contributed by atoms with Crippen molar-refractivity contribution in [2.75, 3.05) is 13.1 Å². The molecular weight excluding hydrogens is 400 g/mol. The van der Waals surface area contributed by atoms with Gasteiger partial charge in [-0.25, -0.2) is 4.79 Å². The van der Waals surface area contributed by atoms with Gasteiger partial charge in [-0.2, -0.15) is 0 Å². The van der Waals surface area contributed by atoms with Gasteiger partial charge in [0.1, 0.15) is 17.5 Å². The average molecular weight is 426 g/mol. The second-order valence-electron chi connectivity index (χ2n) is 7.56. The first-order chi connectivity index (χ1) is 14.8. The molecular formula is C23H26N2O6. The highest BCUT2D eigenvalue weighted by Crippen LogP contribution is 2.23. The number of ether oxygens (including phenoxy) is 2. The minimum Gasteiger partial charge on any atom is -0.480 e. The monoisotopic (exact) mass is 426 g/mol.